The van der Waals surface area contributed by atoms with Crippen molar-refractivity contribution < 1.29 is 4.79 Å². The highest BCUT2D eigenvalue weighted by molar-refractivity contribution is 5.87. The number of hydrogen-bond acceptors (Lipinski definition) is 1. The summed E-state index contributed by atoms with van der Waals surface area (Å²) in [5.74, 6) is 0.491. The number of hydrogen-bond donors (Lipinski definition) is 1. The van der Waals surface area contributed by atoms with Gasteiger partial charge in [-0.25, -0.2) is 0 Å². The first kappa shape index (κ1) is 13.5. The molecule has 0 fully saturated rings. The Morgan fingerprint density at radius 3 is 2.12 bits per heavy atom. The third-order valence-corrected chi connectivity index (χ3v) is 2.78. The third-order valence-electron chi connectivity index (χ3n) is 2.78. The van der Waals surface area contributed by atoms with Gasteiger partial charge in [-0.05, 0) is 37.0 Å². The molecule has 0 spiro atoms. The molecule has 1 aromatic rings. The van der Waals surface area contributed by atoms with E-state index < -0.39 is 0 Å². The van der Waals surface area contributed by atoms with Crippen LogP contribution in [0.5, 0.6) is 0 Å². The minimum Gasteiger partial charge on any atom is -0.346 e. The first-order valence-electron chi connectivity index (χ1n) is 6.07. The number of benzene rings is 1. The van der Waals surface area contributed by atoms with Crippen LogP contribution in [-0.4, -0.2) is 5.91 Å². The zero-order valence-corrected chi connectivity index (χ0v) is 11.0. The molecule has 0 aliphatic carbocycles. The Hall–Kier alpha value is -1.57. The zero-order chi connectivity index (χ0) is 12.8. The lowest BCUT2D eigenvalue weighted by Gasteiger charge is -2.14. The standard InChI is InChI=1S/C15H21NO/c1-5-6-15(17)16-12(4)14-9-7-13(8-10-14)11(2)3/h5-12H,1-4H3,(H,16,17). The van der Waals surface area contributed by atoms with Crippen molar-refractivity contribution in [2.45, 2.75) is 39.7 Å². The molecule has 0 radical (unpaired) electrons. The summed E-state index contributed by atoms with van der Waals surface area (Å²) in [5, 5.41) is 2.92. The van der Waals surface area contributed by atoms with E-state index in [0.29, 0.717) is 5.92 Å². The summed E-state index contributed by atoms with van der Waals surface area (Å²) >= 11 is 0. The van der Waals surface area contributed by atoms with Gasteiger partial charge in [-0.15, -0.1) is 0 Å². The van der Waals surface area contributed by atoms with E-state index >= 15 is 0 Å². The molecule has 17 heavy (non-hydrogen) atoms. The van der Waals surface area contributed by atoms with Crippen LogP contribution in [0, 0.1) is 0 Å². The van der Waals surface area contributed by atoms with Crippen molar-refractivity contribution in [1.29, 1.82) is 0 Å². The van der Waals surface area contributed by atoms with Gasteiger partial charge in [0.25, 0.3) is 0 Å². The lowest BCUT2D eigenvalue weighted by Crippen LogP contribution is -2.24. The highest BCUT2D eigenvalue weighted by atomic mass is 16.1. The first-order valence-corrected chi connectivity index (χ1v) is 6.07. The highest BCUT2D eigenvalue weighted by Crippen LogP contribution is 2.18. The van der Waals surface area contributed by atoms with Gasteiger partial charge in [0.1, 0.15) is 0 Å². The van der Waals surface area contributed by atoms with Crippen LogP contribution >= 0.6 is 0 Å². The fourth-order valence-corrected chi connectivity index (χ4v) is 1.67. The Bertz CT molecular complexity index is 390. The molecule has 1 amide bonds. The van der Waals surface area contributed by atoms with Crippen molar-refractivity contribution in [2.24, 2.45) is 0 Å². The normalized spacial score (nSPS) is 13.0. The van der Waals surface area contributed by atoms with E-state index in [9.17, 15) is 4.79 Å². The van der Waals surface area contributed by atoms with Crippen molar-refractivity contribution in [3.63, 3.8) is 0 Å². The minimum absolute atomic E-state index is 0.0416. The Morgan fingerprint density at radius 1 is 1.12 bits per heavy atom. The minimum atomic E-state index is -0.0482. The number of rotatable bonds is 4. The zero-order valence-electron chi connectivity index (χ0n) is 11.0. The summed E-state index contributed by atoms with van der Waals surface area (Å²) in [6, 6.07) is 8.45. The monoisotopic (exact) mass is 231 g/mol. The van der Waals surface area contributed by atoms with Gasteiger partial charge in [0.05, 0.1) is 6.04 Å². The molecule has 1 rings (SSSR count). The van der Waals surface area contributed by atoms with Gasteiger partial charge in [-0.2, -0.15) is 0 Å². The molecule has 2 nitrogen and oxygen atoms in total. The van der Waals surface area contributed by atoms with E-state index in [1.807, 2.05) is 13.8 Å². The lowest BCUT2D eigenvalue weighted by atomic mass is 9.99. The molecule has 0 aliphatic rings. The second-order valence-corrected chi connectivity index (χ2v) is 4.55. The molecule has 2 heteroatoms. The first-order chi connectivity index (χ1) is 8.04. The predicted octanol–water partition coefficient (Wildman–Crippen LogP) is 3.56. The van der Waals surface area contributed by atoms with Gasteiger partial charge in [0.2, 0.25) is 5.91 Å². The topological polar surface area (TPSA) is 29.1 Å². The van der Waals surface area contributed by atoms with Crippen molar-refractivity contribution in [1.82, 2.24) is 5.32 Å². The molecule has 0 aliphatic heterocycles. The summed E-state index contributed by atoms with van der Waals surface area (Å²) in [5.41, 5.74) is 2.45. The Balaban J connectivity index is 2.69. The van der Waals surface area contributed by atoms with Crippen molar-refractivity contribution in [2.75, 3.05) is 0 Å². The molecule has 1 N–H and O–H groups in total. The van der Waals surface area contributed by atoms with Crippen molar-refractivity contribution in [3.05, 3.63) is 47.5 Å². The molecular formula is C15H21NO. The van der Waals surface area contributed by atoms with Crippen molar-refractivity contribution >= 4 is 5.91 Å². The van der Waals surface area contributed by atoms with Gasteiger partial charge < -0.3 is 5.32 Å². The molecule has 1 aromatic carbocycles. The maximum Gasteiger partial charge on any atom is 0.244 e. The van der Waals surface area contributed by atoms with E-state index in [4.69, 9.17) is 0 Å². The van der Waals surface area contributed by atoms with Crippen LogP contribution in [0.15, 0.2) is 36.4 Å². The number of allylic oxidation sites excluding steroid dienone is 1. The van der Waals surface area contributed by atoms with E-state index in [1.54, 1.807) is 12.2 Å². The van der Waals surface area contributed by atoms with Gasteiger partial charge in [-0.1, -0.05) is 44.2 Å². The fraction of sp³-hybridized carbons (Fsp3) is 0.400. The Kier molecular flexibility index (Phi) is 4.95. The Labute approximate surface area is 104 Å². The highest BCUT2D eigenvalue weighted by Gasteiger charge is 2.07. The molecule has 1 atom stereocenters. The predicted molar refractivity (Wildman–Crippen MR) is 71.9 cm³/mol. The number of amides is 1. The summed E-state index contributed by atoms with van der Waals surface area (Å²) in [6.07, 6.45) is 3.28. The number of nitrogens with one attached hydrogen (secondary N) is 1. The SMILES string of the molecule is CC=CC(=O)NC(C)c1ccc(C(C)C)cc1. The third kappa shape index (κ3) is 4.06. The average Bonchev–Trinajstić information content (AvgIpc) is 2.29. The molecule has 0 saturated heterocycles. The van der Waals surface area contributed by atoms with E-state index in [-0.39, 0.29) is 11.9 Å². The molecule has 1 unspecified atom stereocenters. The largest absolute Gasteiger partial charge is 0.346 e. The van der Waals surface area contributed by atoms with Crippen LogP contribution < -0.4 is 5.32 Å². The lowest BCUT2D eigenvalue weighted by molar-refractivity contribution is -0.117. The summed E-state index contributed by atoms with van der Waals surface area (Å²) in [7, 11) is 0. The summed E-state index contributed by atoms with van der Waals surface area (Å²) in [6.45, 7) is 8.17. The summed E-state index contributed by atoms with van der Waals surface area (Å²) < 4.78 is 0. The molecule has 0 saturated carbocycles. The van der Waals surface area contributed by atoms with Crippen LogP contribution in [0.4, 0.5) is 0 Å². The molecule has 0 heterocycles. The van der Waals surface area contributed by atoms with Crippen LogP contribution in [-0.2, 0) is 4.79 Å². The number of carbonyl (C=O) groups is 1. The molecule has 0 bridgehead atoms. The maximum atomic E-state index is 11.4. The Morgan fingerprint density at radius 2 is 1.65 bits per heavy atom. The van der Waals surface area contributed by atoms with Crippen LogP contribution in [0.25, 0.3) is 0 Å². The van der Waals surface area contributed by atoms with Gasteiger partial charge in [0.15, 0.2) is 0 Å². The van der Waals surface area contributed by atoms with E-state index in [2.05, 4.69) is 43.4 Å². The number of carbonyl (C=O) groups excluding carboxylic acids is 1. The smallest absolute Gasteiger partial charge is 0.244 e. The van der Waals surface area contributed by atoms with Gasteiger partial charge >= 0.3 is 0 Å². The van der Waals surface area contributed by atoms with Gasteiger partial charge in [0, 0.05) is 0 Å². The second-order valence-electron chi connectivity index (χ2n) is 4.55. The van der Waals surface area contributed by atoms with E-state index in [1.165, 1.54) is 5.56 Å². The average molecular weight is 231 g/mol. The molecule has 0 aromatic heterocycles. The van der Waals surface area contributed by atoms with Crippen LogP contribution in [0.1, 0.15) is 50.8 Å². The molecular weight excluding hydrogens is 210 g/mol. The fourth-order valence-electron chi connectivity index (χ4n) is 1.67. The molecule has 92 valence electrons. The van der Waals surface area contributed by atoms with Crippen molar-refractivity contribution in [3.8, 4) is 0 Å². The van der Waals surface area contributed by atoms with Gasteiger partial charge in [-0.3, -0.25) is 4.79 Å². The quantitative estimate of drug-likeness (QED) is 0.789. The van der Waals surface area contributed by atoms with Crippen LogP contribution in [0.3, 0.4) is 0 Å². The summed E-state index contributed by atoms with van der Waals surface area (Å²) in [4.78, 5) is 11.4. The van der Waals surface area contributed by atoms with E-state index in [0.717, 1.165) is 5.56 Å². The maximum absolute atomic E-state index is 11.4. The second kappa shape index (κ2) is 6.24. The van der Waals surface area contributed by atoms with Crippen LogP contribution in [0.2, 0.25) is 0 Å².